The first kappa shape index (κ1) is 21.1. The molecule has 0 atom stereocenters. The number of amides is 1. The van der Waals surface area contributed by atoms with Gasteiger partial charge in [-0.1, -0.05) is 41.6 Å². The summed E-state index contributed by atoms with van der Waals surface area (Å²) in [7, 11) is 3.14. The second-order valence-corrected chi connectivity index (χ2v) is 8.63. The molecule has 6 nitrogen and oxygen atoms in total. The number of rotatable bonds is 7. The number of thiophene rings is 1. The third-order valence-corrected chi connectivity index (χ3v) is 6.55. The minimum absolute atomic E-state index is 0.140. The lowest BCUT2D eigenvalue weighted by atomic mass is 10.1. The van der Waals surface area contributed by atoms with Crippen LogP contribution in [-0.4, -0.2) is 35.8 Å². The highest BCUT2D eigenvalue weighted by Gasteiger charge is 2.15. The zero-order valence-electron chi connectivity index (χ0n) is 17.3. The van der Waals surface area contributed by atoms with Crippen molar-refractivity contribution in [2.75, 3.05) is 25.3 Å². The molecule has 0 unspecified atom stereocenters. The van der Waals surface area contributed by atoms with Crippen molar-refractivity contribution in [1.82, 2.24) is 9.97 Å². The van der Waals surface area contributed by atoms with Crippen molar-refractivity contribution in [3.8, 4) is 22.6 Å². The van der Waals surface area contributed by atoms with Crippen LogP contribution in [0.3, 0.4) is 0 Å². The highest BCUT2D eigenvalue weighted by Crippen LogP contribution is 2.38. The number of carbonyl (C=O) groups is 1. The highest BCUT2D eigenvalue weighted by molar-refractivity contribution is 8.00. The summed E-state index contributed by atoms with van der Waals surface area (Å²) in [6, 6.07) is 13.6. The lowest BCUT2D eigenvalue weighted by molar-refractivity contribution is -0.113. The number of hydrogen-bond donors (Lipinski definition) is 1. The minimum Gasteiger partial charge on any atom is -0.497 e. The first-order valence-electron chi connectivity index (χ1n) is 9.52. The Bertz CT molecular complexity index is 1200. The quantitative estimate of drug-likeness (QED) is 0.299. The summed E-state index contributed by atoms with van der Waals surface area (Å²) >= 11 is 2.97. The number of aryl methyl sites for hydroxylation is 1. The van der Waals surface area contributed by atoms with Gasteiger partial charge in [-0.05, 0) is 12.5 Å². The summed E-state index contributed by atoms with van der Waals surface area (Å²) in [6.07, 6.45) is 1.55. The van der Waals surface area contributed by atoms with E-state index in [1.165, 1.54) is 17.3 Å². The van der Waals surface area contributed by atoms with Crippen LogP contribution in [0, 0.1) is 6.92 Å². The second-order valence-electron chi connectivity index (χ2n) is 6.81. The molecule has 0 spiro atoms. The molecular formula is C23H21N3O3S2. The maximum atomic E-state index is 12.6. The number of benzene rings is 2. The lowest BCUT2D eigenvalue weighted by Crippen LogP contribution is -2.14. The van der Waals surface area contributed by atoms with Gasteiger partial charge in [0.05, 0.1) is 25.4 Å². The van der Waals surface area contributed by atoms with Crippen molar-refractivity contribution >= 4 is 44.9 Å². The number of thioether (sulfide) groups is 1. The molecular weight excluding hydrogens is 430 g/mol. The molecule has 0 aliphatic carbocycles. The van der Waals surface area contributed by atoms with E-state index in [2.05, 4.69) is 51.9 Å². The van der Waals surface area contributed by atoms with Crippen LogP contribution < -0.4 is 14.8 Å². The van der Waals surface area contributed by atoms with E-state index in [4.69, 9.17) is 9.47 Å². The van der Waals surface area contributed by atoms with E-state index < -0.39 is 0 Å². The van der Waals surface area contributed by atoms with Crippen molar-refractivity contribution in [1.29, 1.82) is 0 Å². The van der Waals surface area contributed by atoms with Crippen LogP contribution in [-0.2, 0) is 4.79 Å². The predicted molar refractivity (Wildman–Crippen MR) is 126 cm³/mol. The lowest BCUT2D eigenvalue weighted by Gasteiger charge is -2.10. The highest BCUT2D eigenvalue weighted by atomic mass is 32.2. The number of carbonyl (C=O) groups excluding carboxylic acids is 1. The van der Waals surface area contributed by atoms with Crippen LogP contribution >= 0.6 is 23.1 Å². The standard InChI is InChI=1S/C23H21N3O3S2/c1-14-4-6-15(7-5-14)19-11-30-22-21(19)23(25-13-24-22)31-12-20(27)26-16-8-17(28-2)10-18(9-16)29-3/h4-11,13H,12H2,1-3H3,(H,26,27). The van der Waals surface area contributed by atoms with E-state index in [1.54, 1.807) is 50.1 Å². The van der Waals surface area contributed by atoms with Crippen molar-refractivity contribution in [3.63, 3.8) is 0 Å². The van der Waals surface area contributed by atoms with Crippen LogP contribution in [0.25, 0.3) is 21.3 Å². The molecule has 8 heteroatoms. The van der Waals surface area contributed by atoms with Gasteiger partial charge in [0.15, 0.2) is 0 Å². The van der Waals surface area contributed by atoms with Gasteiger partial charge in [-0.2, -0.15) is 0 Å². The summed E-state index contributed by atoms with van der Waals surface area (Å²) in [5, 5.41) is 6.76. The van der Waals surface area contributed by atoms with Crippen LogP contribution in [0.5, 0.6) is 11.5 Å². The molecule has 0 saturated carbocycles. The predicted octanol–water partition coefficient (Wildman–Crippen LogP) is 5.41. The smallest absolute Gasteiger partial charge is 0.234 e. The Morgan fingerprint density at radius 1 is 1.06 bits per heavy atom. The van der Waals surface area contributed by atoms with Crippen molar-refractivity contribution < 1.29 is 14.3 Å². The third-order valence-electron chi connectivity index (χ3n) is 4.67. The van der Waals surface area contributed by atoms with Gasteiger partial charge in [-0.15, -0.1) is 11.3 Å². The van der Waals surface area contributed by atoms with E-state index in [0.717, 1.165) is 26.4 Å². The molecule has 1 amide bonds. The summed E-state index contributed by atoms with van der Waals surface area (Å²) in [5.74, 6) is 1.30. The van der Waals surface area contributed by atoms with Crippen molar-refractivity contribution in [3.05, 3.63) is 59.7 Å². The van der Waals surface area contributed by atoms with Gasteiger partial charge in [-0.3, -0.25) is 4.79 Å². The number of ether oxygens (including phenoxy) is 2. The molecule has 0 radical (unpaired) electrons. The fourth-order valence-corrected chi connectivity index (χ4v) is 4.91. The fraction of sp³-hybridized carbons (Fsp3) is 0.174. The van der Waals surface area contributed by atoms with Crippen molar-refractivity contribution in [2.24, 2.45) is 0 Å². The van der Waals surface area contributed by atoms with Crippen LogP contribution in [0.4, 0.5) is 5.69 Å². The third kappa shape index (κ3) is 4.81. The topological polar surface area (TPSA) is 73.3 Å². The van der Waals surface area contributed by atoms with Crippen LogP contribution in [0.1, 0.15) is 5.56 Å². The van der Waals surface area contributed by atoms with Crippen LogP contribution in [0.15, 0.2) is 59.2 Å². The van der Waals surface area contributed by atoms with Gasteiger partial charge < -0.3 is 14.8 Å². The number of fused-ring (bicyclic) bond motifs is 1. The van der Waals surface area contributed by atoms with E-state index >= 15 is 0 Å². The van der Waals surface area contributed by atoms with Gasteiger partial charge in [0.1, 0.15) is 27.7 Å². The molecule has 31 heavy (non-hydrogen) atoms. The normalized spacial score (nSPS) is 10.8. The van der Waals surface area contributed by atoms with Crippen LogP contribution in [0.2, 0.25) is 0 Å². The van der Waals surface area contributed by atoms with E-state index in [9.17, 15) is 4.79 Å². The number of anilines is 1. The number of nitrogens with one attached hydrogen (secondary N) is 1. The summed E-state index contributed by atoms with van der Waals surface area (Å²) in [6.45, 7) is 2.07. The Labute approximate surface area is 188 Å². The number of hydrogen-bond acceptors (Lipinski definition) is 7. The molecule has 2 heterocycles. The molecule has 0 aliphatic heterocycles. The number of aromatic nitrogens is 2. The number of methoxy groups -OCH3 is 2. The van der Waals surface area contributed by atoms with E-state index in [1.807, 2.05) is 0 Å². The Kier molecular flexibility index (Phi) is 6.39. The monoisotopic (exact) mass is 451 g/mol. The largest absolute Gasteiger partial charge is 0.497 e. The number of nitrogens with zero attached hydrogens (tertiary/aromatic N) is 2. The molecule has 4 rings (SSSR count). The van der Waals surface area contributed by atoms with E-state index in [0.29, 0.717) is 17.2 Å². The van der Waals surface area contributed by atoms with Gasteiger partial charge in [0.2, 0.25) is 5.91 Å². The maximum Gasteiger partial charge on any atom is 0.234 e. The SMILES string of the molecule is COc1cc(NC(=O)CSc2ncnc3scc(-c4ccc(C)cc4)c23)cc(OC)c1. The first-order chi connectivity index (χ1) is 15.1. The van der Waals surface area contributed by atoms with Gasteiger partial charge in [0.25, 0.3) is 0 Å². The molecule has 0 aliphatic rings. The molecule has 2 aromatic heterocycles. The Balaban J connectivity index is 1.53. The van der Waals surface area contributed by atoms with Gasteiger partial charge in [0, 0.05) is 34.8 Å². The fourth-order valence-electron chi connectivity index (χ4n) is 3.11. The molecule has 1 N–H and O–H groups in total. The zero-order valence-corrected chi connectivity index (χ0v) is 19.0. The zero-order chi connectivity index (χ0) is 21.8. The Morgan fingerprint density at radius 2 is 1.77 bits per heavy atom. The average molecular weight is 452 g/mol. The second kappa shape index (κ2) is 9.36. The average Bonchev–Trinajstić information content (AvgIpc) is 3.22. The summed E-state index contributed by atoms with van der Waals surface area (Å²) in [4.78, 5) is 22.4. The minimum atomic E-state index is -0.140. The Morgan fingerprint density at radius 3 is 2.45 bits per heavy atom. The summed E-state index contributed by atoms with van der Waals surface area (Å²) < 4.78 is 10.5. The maximum absolute atomic E-state index is 12.6. The molecule has 158 valence electrons. The van der Waals surface area contributed by atoms with Gasteiger partial charge >= 0.3 is 0 Å². The molecule has 2 aromatic carbocycles. The molecule has 4 aromatic rings. The molecule has 0 fully saturated rings. The van der Waals surface area contributed by atoms with Crippen molar-refractivity contribution in [2.45, 2.75) is 11.9 Å². The van der Waals surface area contributed by atoms with E-state index in [-0.39, 0.29) is 11.7 Å². The summed E-state index contributed by atoms with van der Waals surface area (Å²) in [5.41, 5.74) is 4.02. The molecule has 0 bridgehead atoms. The van der Waals surface area contributed by atoms with Gasteiger partial charge in [-0.25, -0.2) is 9.97 Å². The molecule has 0 saturated heterocycles. The Hall–Kier alpha value is -3.10. The first-order valence-corrected chi connectivity index (χ1v) is 11.4.